The Hall–Kier alpha value is -0.370. The topological polar surface area (TPSA) is 49.3 Å². The second kappa shape index (κ2) is 10.4. The first-order chi connectivity index (χ1) is 8.67. The van der Waals surface area contributed by atoms with Gasteiger partial charge in [-0.25, -0.2) is 9.98 Å². The third kappa shape index (κ3) is 7.10. The van der Waals surface area contributed by atoms with Gasteiger partial charge in [0.2, 0.25) is 0 Å². The Balaban J connectivity index is 0.00000324. The van der Waals surface area contributed by atoms with Crippen LogP contribution in [0.25, 0.3) is 0 Å². The van der Waals surface area contributed by atoms with Crippen molar-refractivity contribution in [1.82, 2.24) is 15.6 Å². The Labute approximate surface area is 137 Å². The van der Waals surface area contributed by atoms with E-state index in [4.69, 9.17) is 0 Å². The first kappa shape index (κ1) is 18.6. The predicted octanol–water partition coefficient (Wildman–Crippen LogP) is 3.35. The van der Waals surface area contributed by atoms with Gasteiger partial charge in [0.15, 0.2) is 5.96 Å². The quantitative estimate of drug-likeness (QED) is 0.441. The molecule has 1 aromatic heterocycles. The van der Waals surface area contributed by atoms with Crippen LogP contribution in [0.2, 0.25) is 0 Å². The lowest BCUT2D eigenvalue weighted by Gasteiger charge is -2.09. The zero-order valence-corrected chi connectivity index (χ0v) is 15.3. The van der Waals surface area contributed by atoms with Crippen molar-refractivity contribution in [3.63, 3.8) is 0 Å². The number of halogens is 1. The van der Waals surface area contributed by atoms with Crippen molar-refractivity contribution in [2.75, 3.05) is 13.1 Å². The smallest absolute Gasteiger partial charge is 0.191 e. The molecule has 0 bridgehead atoms. The molecule has 0 spiro atoms. The molecule has 1 aromatic rings. The highest BCUT2D eigenvalue weighted by atomic mass is 127. The van der Waals surface area contributed by atoms with Crippen LogP contribution in [0.3, 0.4) is 0 Å². The summed E-state index contributed by atoms with van der Waals surface area (Å²) in [6.07, 6.45) is 1.10. The van der Waals surface area contributed by atoms with E-state index in [2.05, 4.69) is 53.7 Å². The van der Waals surface area contributed by atoms with Gasteiger partial charge < -0.3 is 10.6 Å². The van der Waals surface area contributed by atoms with E-state index in [1.807, 2.05) is 0 Å². The van der Waals surface area contributed by atoms with E-state index in [1.54, 1.807) is 11.3 Å². The summed E-state index contributed by atoms with van der Waals surface area (Å²) in [5.74, 6) is 1.37. The van der Waals surface area contributed by atoms with Crippen LogP contribution in [-0.2, 0) is 6.54 Å². The average molecular weight is 396 g/mol. The highest BCUT2D eigenvalue weighted by Crippen LogP contribution is 2.19. The number of aliphatic imine (C=N–C) groups is 1. The molecule has 0 aliphatic heterocycles. The molecule has 19 heavy (non-hydrogen) atoms. The molecule has 4 nitrogen and oxygen atoms in total. The van der Waals surface area contributed by atoms with Gasteiger partial charge in [0.1, 0.15) is 0 Å². The molecule has 1 rings (SSSR count). The van der Waals surface area contributed by atoms with Crippen LogP contribution in [0.5, 0.6) is 0 Å². The first-order valence-corrected chi connectivity index (χ1v) is 7.51. The predicted molar refractivity (Wildman–Crippen MR) is 94.7 cm³/mol. The third-order valence-corrected chi connectivity index (χ3v) is 3.54. The van der Waals surface area contributed by atoms with Gasteiger partial charge in [-0.1, -0.05) is 20.8 Å². The summed E-state index contributed by atoms with van der Waals surface area (Å²) >= 11 is 1.72. The minimum atomic E-state index is 0. The minimum absolute atomic E-state index is 0. The van der Waals surface area contributed by atoms with Gasteiger partial charge in [0, 0.05) is 24.4 Å². The molecule has 1 heterocycles. The molecule has 0 unspecified atom stereocenters. The number of nitrogens with one attached hydrogen (secondary N) is 2. The number of guanidine groups is 1. The molecule has 2 N–H and O–H groups in total. The third-order valence-electron chi connectivity index (χ3n) is 2.35. The first-order valence-electron chi connectivity index (χ1n) is 6.63. The monoisotopic (exact) mass is 396 g/mol. The fourth-order valence-electron chi connectivity index (χ4n) is 1.41. The van der Waals surface area contributed by atoms with Crippen molar-refractivity contribution < 1.29 is 0 Å². The molecule has 0 amide bonds. The van der Waals surface area contributed by atoms with Gasteiger partial charge in [-0.3, -0.25) is 0 Å². The van der Waals surface area contributed by atoms with Gasteiger partial charge >= 0.3 is 0 Å². The number of aromatic nitrogens is 1. The number of hydrogen-bond acceptors (Lipinski definition) is 3. The molecule has 0 aliphatic carbocycles. The summed E-state index contributed by atoms with van der Waals surface area (Å²) in [6.45, 7) is 11.0. The van der Waals surface area contributed by atoms with Crippen LogP contribution < -0.4 is 10.6 Å². The van der Waals surface area contributed by atoms with E-state index in [-0.39, 0.29) is 24.0 Å². The zero-order chi connectivity index (χ0) is 13.4. The van der Waals surface area contributed by atoms with Crippen molar-refractivity contribution in [2.45, 2.75) is 46.6 Å². The van der Waals surface area contributed by atoms with Crippen LogP contribution in [0.15, 0.2) is 10.4 Å². The molecule has 0 saturated carbocycles. The molecular formula is C13H25IN4S. The van der Waals surface area contributed by atoms with Crippen LogP contribution >= 0.6 is 35.3 Å². The lowest BCUT2D eigenvalue weighted by molar-refractivity contribution is 0.781. The zero-order valence-electron chi connectivity index (χ0n) is 12.2. The molecule has 0 atom stereocenters. The molecular weight excluding hydrogens is 371 g/mol. The Morgan fingerprint density at radius 3 is 2.63 bits per heavy atom. The van der Waals surface area contributed by atoms with Crippen molar-refractivity contribution in [3.05, 3.63) is 16.1 Å². The van der Waals surface area contributed by atoms with E-state index >= 15 is 0 Å². The van der Waals surface area contributed by atoms with Gasteiger partial charge in [-0.05, 0) is 13.3 Å². The molecule has 0 fully saturated rings. The fourth-order valence-corrected chi connectivity index (χ4v) is 2.23. The van der Waals surface area contributed by atoms with Crippen LogP contribution in [-0.4, -0.2) is 24.0 Å². The van der Waals surface area contributed by atoms with Crippen molar-refractivity contribution in [3.8, 4) is 0 Å². The Kier molecular flexibility index (Phi) is 10.2. The standard InChI is InChI=1S/C13H24N4S.HI/c1-5-7-15-13(14-6-2)16-8-11-9-18-12(17-11)10(3)4;/h9-10H,5-8H2,1-4H3,(H2,14,15,16);1H. The normalized spacial score (nSPS) is 11.3. The second-order valence-electron chi connectivity index (χ2n) is 4.45. The van der Waals surface area contributed by atoms with Gasteiger partial charge in [-0.2, -0.15) is 0 Å². The number of hydrogen-bond donors (Lipinski definition) is 2. The van der Waals surface area contributed by atoms with Crippen molar-refractivity contribution >= 4 is 41.3 Å². The Morgan fingerprint density at radius 1 is 1.37 bits per heavy atom. The van der Waals surface area contributed by atoms with E-state index in [9.17, 15) is 0 Å². The molecule has 0 saturated heterocycles. The maximum absolute atomic E-state index is 4.58. The summed E-state index contributed by atoms with van der Waals surface area (Å²) in [6, 6.07) is 0. The Bertz CT molecular complexity index is 376. The Morgan fingerprint density at radius 2 is 2.11 bits per heavy atom. The molecule has 0 aromatic carbocycles. The fraction of sp³-hybridized carbons (Fsp3) is 0.692. The maximum atomic E-state index is 4.58. The summed E-state index contributed by atoms with van der Waals surface area (Å²) in [5.41, 5.74) is 1.05. The highest BCUT2D eigenvalue weighted by molar-refractivity contribution is 14.0. The van der Waals surface area contributed by atoms with Gasteiger partial charge in [0.25, 0.3) is 0 Å². The summed E-state index contributed by atoms with van der Waals surface area (Å²) < 4.78 is 0. The number of nitrogens with zero attached hydrogens (tertiary/aromatic N) is 2. The van der Waals surface area contributed by atoms with Crippen LogP contribution in [0.1, 0.15) is 50.7 Å². The van der Waals surface area contributed by atoms with E-state index in [0.717, 1.165) is 31.2 Å². The van der Waals surface area contributed by atoms with E-state index in [1.165, 1.54) is 5.01 Å². The van der Waals surface area contributed by atoms with E-state index < -0.39 is 0 Å². The number of thiazole rings is 1. The van der Waals surface area contributed by atoms with Gasteiger partial charge in [-0.15, -0.1) is 35.3 Å². The minimum Gasteiger partial charge on any atom is -0.357 e. The van der Waals surface area contributed by atoms with Crippen LogP contribution in [0, 0.1) is 0 Å². The van der Waals surface area contributed by atoms with Gasteiger partial charge in [0.05, 0.1) is 17.2 Å². The SMILES string of the molecule is CCCNC(=NCc1csc(C(C)C)n1)NCC.I. The second-order valence-corrected chi connectivity index (χ2v) is 5.34. The molecule has 6 heteroatoms. The lowest BCUT2D eigenvalue weighted by Crippen LogP contribution is -2.37. The lowest BCUT2D eigenvalue weighted by atomic mass is 10.2. The summed E-state index contributed by atoms with van der Waals surface area (Å²) in [7, 11) is 0. The molecule has 0 aliphatic rings. The number of rotatable bonds is 6. The summed E-state index contributed by atoms with van der Waals surface area (Å²) in [5, 5.41) is 9.80. The summed E-state index contributed by atoms with van der Waals surface area (Å²) in [4.78, 5) is 9.11. The molecule has 110 valence electrons. The van der Waals surface area contributed by atoms with Crippen molar-refractivity contribution in [1.29, 1.82) is 0 Å². The average Bonchev–Trinajstić information content (AvgIpc) is 2.81. The largest absolute Gasteiger partial charge is 0.357 e. The highest BCUT2D eigenvalue weighted by Gasteiger charge is 2.05. The maximum Gasteiger partial charge on any atom is 0.191 e. The molecule has 0 radical (unpaired) electrons. The van der Waals surface area contributed by atoms with E-state index in [0.29, 0.717) is 12.5 Å². The van der Waals surface area contributed by atoms with Crippen molar-refractivity contribution in [2.24, 2.45) is 4.99 Å². The van der Waals surface area contributed by atoms with Crippen LogP contribution in [0.4, 0.5) is 0 Å².